The van der Waals surface area contributed by atoms with Gasteiger partial charge in [0.2, 0.25) is 5.91 Å². The summed E-state index contributed by atoms with van der Waals surface area (Å²) in [5.74, 6) is 0.0784. The zero-order chi connectivity index (χ0) is 12.4. The molecule has 1 fully saturated rings. The van der Waals surface area contributed by atoms with Crippen LogP contribution in [0.1, 0.15) is 40.5 Å². The van der Waals surface area contributed by atoms with Crippen molar-refractivity contribution in [2.45, 2.75) is 51.7 Å². The minimum absolute atomic E-state index is 0.0374. The third-order valence-electron chi connectivity index (χ3n) is 3.63. The maximum absolute atomic E-state index is 12.0. The molecule has 1 atom stereocenters. The molecule has 0 aromatic heterocycles. The van der Waals surface area contributed by atoms with Crippen LogP contribution in [0.5, 0.6) is 0 Å². The molecule has 0 radical (unpaired) electrons. The van der Waals surface area contributed by atoms with Gasteiger partial charge in [-0.2, -0.15) is 0 Å². The van der Waals surface area contributed by atoms with Crippen molar-refractivity contribution in [3.8, 4) is 0 Å². The van der Waals surface area contributed by atoms with Crippen LogP contribution in [0.15, 0.2) is 0 Å². The Bertz CT molecular complexity index is 250. The summed E-state index contributed by atoms with van der Waals surface area (Å²) in [6.45, 7) is 8.87. The van der Waals surface area contributed by atoms with E-state index in [4.69, 9.17) is 0 Å². The van der Waals surface area contributed by atoms with Crippen LogP contribution in [0.25, 0.3) is 0 Å². The number of carbonyl (C=O) groups excluding carboxylic acids is 1. The van der Waals surface area contributed by atoms with Gasteiger partial charge in [0, 0.05) is 6.54 Å². The first-order valence-electron chi connectivity index (χ1n) is 5.99. The molecule has 1 amide bonds. The zero-order valence-corrected chi connectivity index (χ0v) is 10.8. The van der Waals surface area contributed by atoms with Crippen molar-refractivity contribution in [3.63, 3.8) is 0 Å². The minimum atomic E-state index is -0.926. The van der Waals surface area contributed by atoms with Crippen molar-refractivity contribution in [3.05, 3.63) is 0 Å². The van der Waals surface area contributed by atoms with Gasteiger partial charge in [-0.05, 0) is 47.1 Å². The van der Waals surface area contributed by atoms with Gasteiger partial charge >= 0.3 is 0 Å². The summed E-state index contributed by atoms with van der Waals surface area (Å²) in [5, 5.41) is 16.1. The molecule has 0 saturated carbocycles. The summed E-state index contributed by atoms with van der Waals surface area (Å²) in [7, 11) is 0. The number of piperidine rings is 1. The normalized spacial score (nSPS) is 22.9. The molecule has 16 heavy (non-hydrogen) atoms. The van der Waals surface area contributed by atoms with Crippen molar-refractivity contribution < 1.29 is 9.90 Å². The van der Waals surface area contributed by atoms with Crippen LogP contribution in [0.3, 0.4) is 0 Å². The van der Waals surface area contributed by atoms with Gasteiger partial charge in [0.05, 0.1) is 17.1 Å². The smallest absolute Gasteiger partial charge is 0.224 e. The van der Waals surface area contributed by atoms with Gasteiger partial charge in [0.25, 0.3) is 0 Å². The molecule has 4 heteroatoms. The van der Waals surface area contributed by atoms with Gasteiger partial charge < -0.3 is 15.7 Å². The second-order valence-corrected chi connectivity index (χ2v) is 5.72. The Morgan fingerprint density at radius 3 is 2.44 bits per heavy atom. The monoisotopic (exact) mass is 228 g/mol. The van der Waals surface area contributed by atoms with Gasteiger partial charge in [-0.15, -0.1) is 0 Å². The molecule has 1 aliphatic rings. The van der Waals surface area contributed by atoms with E-state index in [1.165, 1.54) is 0 Å². The van der Waals surface area contributed by atoms with Crippen LogP contribution in [0.2, 0.25) is 0 Å². The predicted molar refractivity (Wildman–Crippen MR) is 64.1 cm³/mol. The topological polar surface area (TPSA) is 61.4 Å². The van der Waals surface area contributed by atoms with E-state index >= 15 is 0 Å². The fourth-order valence-electron chi connectivity index (χ4n) is 1.64. The van der Waals surface area contributed by atoms with Crippen LogP contribution >= 0.6 is 0 Å². The third kappa shape index (κ3) is 3.19. The third-order valence-corrected chi connectivity index (χ3v) is 3.63. The number of hydrogen-bond donors (Lipinski definition) is 3. The Balaban J connectivity index is 2.56. The molecule has 4 nitrogen and oxygen atoms in total. The van der Waals surface area contributed by atoms with E-state index in [-0.39, 0.29) is 11.8 Å². The van der Waals surface area contributed by atoms with E-state index in [1.54, 1.807) is 13.8 Å². The van der Waals surface area contributed by atoms with E-state index in [1.807, 2.05) is 13.8 Å². The Morgan fingerprint density at radius 1 is 1.38 bits per heavy atom. The second kappa shape index (κ2) is 4.72. The SMILES string of the molecule is CC(C)(O)C(C)(C)NC(=O)[C@@H]1CCCNC1. The van der Waals surface area contributed by atoms with Crippen LogP contribution in [0.4, 0.5) is 0 Å². The van der Waals surface area contributed by atoms with E-state index in [9.17, 15) is 9.90 Å². The van der Waals surface area contributed by atoms with Gasteiger partial charge in [-0.3, -0.25) is 4.79 Å². The summed E-state index contributed by atoms with van der Waals surface area (Å²) in [5.41, 5.74) is -1.54. The van der Waals surface area contributed by atoms with E-state index in [0.29, 0.717) is 0 Å². The van der Waals surface area contributed by atoms with Crippen LogP contribution in [-0.2, 0) is 4.79 Å². The fraction of sp³-hybridized carbons (Fsp3) is 0.917. The summed E-state index contributed by atoms with van der Waals surface area (Å²) in [6, 6.07) is 0. The van der Waals surface area contributed by atoms with Crippen molar-refractivity contribution >= 4 is 5.91 Å². The molecular formula is C12H24N2O2. The average molecular weight is 228 g/mol. The maximum atomic E-state index is 12.0. The number of amides is 1. The number of rotatable bonds is 3. The summed E-state index contributed by atoms with van der Waals surface area (Å²) >= 11 is 0. The molecule has 1 aliphatic heterocycles. The standard InChI is InChI=1S/C12H24N2O2/c1-11(2,12(3,4)16)14-10(15)9-6-5-7-13-8-9/h9,13,16H,5-8H2,1-4H3,(H,14,15)/t9-/m1/s1. The minimum Gasteiger partial charge on any atom is -0.388 e. The highest BCUT2D eigenvalue weighted by atomic mass is 16.3. The summed E-state index contributed by atoms with van der Waals surface area (Å²) in [6.07, 6.45) is 1.97. The number of hydrogen-bond acceptors (Lipinski definition) is 3. The van der Waals surface area contributed by atoms with Crippen molar-refractivity contribution in [2.24, 2.45) is 5.92 Å². The molecule has 0 aromatic rings. The Morgan fingerprint density at radius 2 is 2.00 bits per heavy atom. The Labute approximate surface area is 97.8 Å². The number of aliphatic hydroxyl groups is 1. The molecule has 0 unspecified atom stereocenters. The zero-order valence-electron chi connectivity index (χ0n) is 10.8. The van der Waals surface area contributed by atoms with Crippen molar-refractivity contribution in [2.75, 3.05) is 13.1 Å². The highest BCUT2D eigenvalue weighted by Crippen LogP contribution is 2.22. The first kappa shape index (κ1) is 13.5. The highest BCUT2D eigenvalue weighted by Gasteiger charge is 2.37. The highest BCUT2D eigenvalue weighted by molar-refractivity contribution is 5.79. The fourth-order valence-corrected chi connectivity index (χ4v) is 1.64. The van der Waals surface area contributed by atoms with Crippen LogP contribution in [-0.4, -0.2) is 35.2 Å². The molecule has 94 valence electrons. The van der Waals surface area contributed by atoms with E-state index < -0.39 is 11.1 Å². The van der Waals surface area contributed by atoms with Gasteiger partial charge in [-0.25, -0.2) is 0 Å². The number of carbonyl (C=O) groups is 1. The number of nitrogens with one attached hydrogen (secondary N) is 2. The van der Waals surface area contributed by atoms with Gasteiger partial charge in [0.15, 0.2) is 0 Å². The summed E-state index contributed by atoms with van der Waals surface area (Å²) < 4.78 is 0. The molecule has 1 rings (SSSR count). The van der Waals surface area contributed by atoms with Gasteiger partial charge in [0.1, 0.15) is 0 Å². The van der Waals surface area contributed by atoms with Crippen molar-refractivity contribution in [1.29, 1.82) is 0 Å². The molecule has 1 saturated heterocycles. The van der Waals surface area contributed by atoms with Crippen LogP contribution < -0.4 is 10.6 Å². The van der Waals surface area contributed by atoms with Gasteiger partial charge in [-0.1, -0.05) is 0 Å². The van der Waals surface area contributed by atoms with Crippen molar-refractivity contribution in [1.82, 2.24) is 10.6 Å². The Hall–Kier alpha value is -0.610. The lowest BCUT2D eigenvalue weighted by Crippen LogP contribution is -2.59. The lowest BCUT2D eigenvalue weighted by Gasteiger charge is -2.39. The first-order valence-corrected chi connectivity index (χ1v) is 5.99. The molecule has 0 aromatic carbocycles. The quantitative estimate of drug-likeness (QED) is 0.665. The van der Waals surface area contributed by atoms with Crippen LogP contribution in [0, 0.1) is 5.92 Å². The average Bonchev–Trinajstić information content (AvgIpc) is 2.16. The molecule has 0 bridgehead atoms. The largest absolute Gasteiger partial charge is 0.388 e. The molecule has 0 aliphatic carbocycles. The molecule has 0 spiro atoms. The second-order valence-electron chi connectivity index (χ2n) is 5.72. The molecule has 3 N–H and O–H groups in total. The predicted octanol–water partition coefficient (Wildman–Crippen LogP) is 0.652. The Kier molecular flexibility index (Phi) is 3.97. The first-order chi connectivity index (χ1) is 7.24. The van der Waals surface area contributed by atoms with E-state index in [0.717, 1.165) is 25.9 Å². The maximum Gasteiger partial charge on any atom is 0.224 e. The van der Waals surface area contributed by atoms with E-state index in [2.05, 4.69) is 10.6 Å². The lowest BCUT2D eigenvalue weighted by atomic mass is 9.85. The lowest BCUT2D eigenvalue weighted by molar-refractivity contribution is -0.130. The summed E-state index contributed by atoms with van der Waals surface area (Å²) in [4.78, 5) is 12.0. The molecule has 1 heterocycles. The molecular weight excluding hydrogens is 204 g/mol.